The average Bonchev–Trinajstić information content (AvgIpc) is 2.42. The van der Waals surface area contributed by atoms with Gasteiger partial charge in [-0.3, -0.25) is 9.59 Å². The van der Waals surface area contributed by atoms with E-state index in [2.05, 4.69) is 0 Å². The fraction of sp³-hybridized carbons (Fsp3) is 0.500. The molecule has 0 spiro atoms. The molecule has 1 aromatic rings. The van der Waals surface area contributed by atoms with Gasteiger partial charge < -0.3 is 10.0 Å². The number of nitrogens with zero attached hydrogens (tertiary/aromatic N) is 1. The van der Waals surface area contributed by atoms with Gasteiger partial charge in [0.15, 0.2) is 0 Å². The first-order valence-electron chi connectivity index (χ1n) is 7.00. The van der Waals surface area contributed by atoms with Crippen LogP contribution < -0.4 is 0 Å². The molecule has 4 nitrogen and oxygen atoms in total. The van der Waals surface area contributed by atoms with Crippen LogP contribution in [0.4, 0.5) is 0 Å². The molecule has 21 heavy (non-hydrogen) atoms. The van der Waals surface area contributed by atoms with Crippen LogP contribution in [0.15, 0.2) is 23.1 Å². The fourth-order valence-corrected chi connectivity index (χ4v) is 2.52. The van der Waals surface area contributed by atoms with E-state index in [0.717, 1.165) is 10.5 Å². The summed E-state index contributed by atoms with van der Waals surface area (Å²) in [7, 11) is 0. The maximum Gasteiger partial charge on any atom is 0.305 e. The lowest BCUT2D eigenvalue weighted by Crippen LogP contribution is -2.36. The summed E-state index contributed by atoms with van der Waals surface area (Å²) in [6, 6.07) is 5.81. The number of carbonyl (C=O) groups is 2. The van der Waals surface area contributed by atoms with Crippen LogP contribution in [-0.2, 0) is 4.79 Å². The molecular weight excluding hydrogens is 286 g/mol. The zero-order chi connectivity index (χ0) is 16.0. The first-order valence-corrected chi connectivity index (χ1v) is 8.23. The minimum absolute atomic E-state index is 0.0280. The van der Waals surface area contributed by atoms with Crippen LogP contribution in [0.3, 0.4) is 0 Å². The Balaban J connectivity index is 3.00. The Morgan fingerprint density at radius 1 is 1.33 bits per heavy atom. The van der Waals surface area contributed by atoms with Gasteiger partial charge in [-0.05, 0) is 36.8 Å². The average molecular weight is 309 g/mol. The van der Waals surface area contributed by atoms with E-state index in [1.807, 2.05) is 45.2 Å². The fourth-order valence-electron chi connectivity index (χ4n) is 2.08. The van der Waals surface area contributed by atoms with Gasteiger partial charge in [0.1, 0.15) is 0 Å². The molecule has 0 radical (unpaired) electrons. The summed E-state index contributed by atoms with van der Waals surface area (Å²) in [5, 5.41) is 8.84. The van der Waals surface area contributed by atoms with E-state index in [0.29, 0.717) is 18.0 Å². The Kier molecular flexibility index (Phi) is 6.75. The van der Waals surface area contributed by atoms with Crippen molar-refractivity contribution in [2.24, 2.45) is 5.92 Å². The van der Waals surface area contributed by atoms with Gasteiger partial charge in [0.25, 0.3) is 5.91 Å². The summed E-state index contributed by atoms with van der Waals surface area (Å²) in [6.07, 6.45) is 1.94. The molecule has 0 unspecified atom stereocenters. The van der Waals surface area contributed by atoms with Gasteiger partial charge in [0.05, 0.1) is 6.42 Å². The molecule has 0 aromatic heterocycles. The standard InChI is InChI=1S/C16H23NO3S/c1-11(2)10-17(8-7-15(18)19)16(20)14-9-13(21-4)6-5-12(14)3/h5-6,9,11H,7-8,10H2,1-4H3,(H,18,19). The third-order valence-electron chi connectivity index (χ3n) is 3.14. The Bertz CT molecular complexity index is 514. The van der Waals surface area contributed by atoms with Crippen molar-refractivity contribution < 1.29 is 14.7 Å². The molecule has 0 saturated heterocycles. The molecule has 0 heterocycles. The second kappa shape index (κ2) is 8.08. The molecule has 1 amide bonds. The lowest BCUT2D eigenvalue weighted by atomic mass is 10.1. The van der Waals surface area contributed by atoms with Crippen LogP contribution in [0, 0.1) is 12.8 Å². The van der Waals surface area contributed by atoms with Gasteiger partial charge in [-0.15, -0.1) is 11.8 Å². The predicted molar refractivity (Wildman–Crippen MR) is 86.0 cm³/mol. The molecule has 0 saturated carbocycles. The van der Waals surface area contributed by atoms with Crippen molar-refractivity contribution in [3.63, 3.8) is 0 Å². The molecule has 1 rings (SSSR count). The predicted octanol–water partition coefficient (Wildman–Crippen LogP) is 3.29. The smallest absolute Gasteiger partial charge is 0.305 e. The summed E-state index contributed by atoms with van der Waals surface area (Å²) in [5.74, 6) is -0.670. The quantitative estimate of drug-likeness (QED) is 0.785. The first kappa shape index (κ1) is 17.6. The number of hydrogen-bond acceptors (Lipinski definition) is 3. The maximum atomic E-state index is 12.7. The second-order valence-electron chi connectivity index (χ2n) is 5.47. The number of rotatable bonds is 7. The van der Waals surface area contributed by atoms with Crippen molar-refractivity contribution >= 4 is 23.6 Å². The zero-order valence-electron chi connectivity index (χ0n) is 13.0. The topological polar surface area (TPSA) is 57.6 Å². The molecular formula is C16H23NO3S. The van der Waals surface area contributed by atoms with Crippen molar-refractivity contribution in [2.45, 2.75) is 32.1 Å². The van der Waals surface area contributed by atoms with Crippen molar-refractivity contribution in [1.82, 2.24) is 4.90 Å². The largest absolute Gasteiger partial charge is 0.481 e. The lowest BCUT2D eigenvalue weighted by molar-refractivity contribution is -0.137. The normalized spacial score (nSPS) is 10.7. The summed E-state index contributed by atoms with van der Waals surface area (Å²) in [4.78, 5) is 26.2. The van der Waals surface area contributed by atoms with E-state index in [-0.39, 0.29) is 18.9 Å². The molecule has 0 fully saturated rings. The van der Waals surface area contributed by atoms with Gasteiger partial charge in [0, 0.05) is 23.5 Å². The van der Waals surface area contributed by atoms with E-state index < -0.39 is 5.97 Å². The van der Waals surface area contributed by atoms with E-state index in [9.17, 15) is 9.59 Å². The van der Waals surface area contributed by atoms with Crippen LogP contribution in [0.5, 0.6) is 0 Å². The Labute approximate surface area is 130 Å². The second-order valence-corrected chi connectivity index (χ2v) is 6.35. The van der Waals surface area contributed by atoms with Crippen molar-refractivity contribution in [3.05, 3.63) is 29.3 Å². The van der Waals surface area contributed by atoms with Crippen LogP contribution in [0.25, 0.3) is 0 Å². The van der Waals surface area contributed by atoms with Crippen molar-refractivity contribution in [2.75, 3.05) is 19.3 Å². The highest BCUT2D eigenvalue weighted by Gasteiger charge is 2.19. The minimum Gasteiger partial charge on any atom is -0.481 e. The van der Waals surface area contributed by atoms with Crippen LogP contribution in [-0.4, -0.2) is 41.2 Å². The highest BCUT2D eigenvalue weighted by Crippen LogP contribution is 2.21. The van der Waals surface area contributed by atoms with Crippen LogP contribution in [0.2, 0.25) is 0 Å². The van der Waals surface area contributed by atoms with Crippen molar-refractivity contribution in [1.29, 1.82) is 0 Å². The van der Waals surface area contributed by atoms with Gasteiger partial charge in [0.2, 0.25) is 0 Å². The Hall–Kier alpha value is -1.49. The molecule has 0 aliphatic rings. The number of benzene rings is 1. The number of aryl methyl sites for hydroxylation is 1. The SMILES string of the molecule is CSc1ccc(C)c(C(=O)N(CCC(=O)O)CC(C)C)c1. The maximum absolute atomic E-state index is 12.7. The third-order valence-corrected chi connectivity index (χ3v) is 3.87. The van der Waals surface area contributed by atoms with Gasteiger partial charge >= 0.3 is 5.97 Å². The number of carboxylic acids is 1. The first-order chi connectivity index (χ1) is 9.85. The molecule has 0 aliphatic carbocycles. The highest BCUT2D eigenvalue weighted by molar-refractivity contribution is 7.98. The van der Waals surface area contributed by atoms with E-state index in [1.165, 1.54) is 0 Å². The number of carboxylic acid groups (broad SMARTS) is 1. The number of aliphatic carboxylic acids is 1. The number of carbonyl (C=O) groups excluding carboxylic acids is 1. The number of thioether (sulfide) groups is 1. The highest BCUT2D eigenvalue weighted by atomic mass is 32.2. The van der Waals surface area contributed by atoms with Crippen molar-refractivity contribution in [3.8, 4) is 0 Å². The summed E-state index contributed by atoms with van der Waals surface area (Å²) in [6.45, 7) is 6.75. The number of hydrogen-bond donors (Lipinski definition) is 1. The van der Waals surface area contributed by atoms with Gasteiger partial charge in [-0.2, -0.15) is 0 Å². The molecule has 1 aromatic carbocycles. The third kappa shape index (κ3) is 5.42. The Morgan fingerprint density at radius 3 is 2.52 bits per heavy atom. The van der Waals surface area contributed by atoms with E-state index >= 15 is 0 Å². The number of amides is 1. The zero-order valence-corrected chi connectivity index (χ0v) is 13.9. The summed E-state index contributed by atoms with van der Waals surface area (Å²) < 4.78 is 0. The Morgan fingerprint density at radius 2 is 2.00 bits per heavy atom. The molecule has 0 atom stereocenters. The van der Waals surface area contributed by atoms with Crippen LogP contribution in [0.1, 0.15) is 36.2 Å². The molecule has 0 bridgehead atoms. The summed E-state index contributed by atoms with van der Waals surface area (Å²) >= 11 is 1.59. The lowest BCUT2D eigenvalue weighted by Gasteiger charge is -2.25. The molecule has 5 heteroatoms. The molecule has 116 valence electrons. The minimum atomic E-state index is -0.883. The molecule has 1 N–H and O–H groups in total. The molecule has 0 aliphatic heterocycles. The van der Waals surface area contributed by atoms with E-state index in [4.69, 9.17) is 5.11 Å². The van der Waals surface area contributed by atoms with Crippen LogP contribution >= 0.6 is 11.8 Å². The van der Waals surface area contributed by atoms with E-state index in [1.54, 1.807) is 16.7 Å². The van der Waals surface area contributed by atoms with Gasteiger partial charge in [-0.1, -0.05) is 19.9 Å². The van der Waals surface area contributed by atoms with Gasteiger partial charge in [-0.25, -0.2) is 0 Å². The summed E-state index contributed by atoms with van der Waals surface area (Å²) in [5.41, 5.74) is 1.58. The monoisotopic (exact) mass is 309 g/mol.